The molecule has 0 aliphatic carbocycles. The van der Waals surface area contributed by atoms with E-state index in [2.05, 4.69) is 0 Å². The van der Waals surface area contributed by atoms with Crippen molar-refractivity contribution in [2.24, 2.45) is 0 Å². The fourth-order valence-corrected chi connectivity index (χ4v) is 0. The second kappa shape index (κ2) is 39.1. The van der Waals surface area contributed by atoms with Gasteiger partial charge in [-0.2, -0.15) is 23.5 Å². The Balaban J connectivity index is -0.00000000655. The lowest BCUT2D eigenvalue weighted by Crippen LogP contribution is -2.24. The van der Waals surface area contributed by atoms with E-state index in [1.165, 1.54) is 0 Å². The Kier molecular flexibility index (Phi) is 157. The fraction of sp³-hybridized carbons (Fsp3) is 0. The number of hydrogen-bond acceptors (Lipinski definition) is 12. The molecule has 0 aliphatic rings. The molecule has 0 radical (unpaired) electrons. The predicted molar refractivity (Wildman–Crippen MR) is 59.0 cm³/mol. The van der Waals surface area contributed by atoms with Crippen LogP contribution in [0.3, 0.4) is 0 Å². The number of phosphoric acid groups is 3. The van der Waals surface area contributed by atoms with Crippen molar-refractivity contribution in [3.63, 3.8) is 0 Å². The molecule has 0 aromatic carbocycles. The molecule has 0 aromatic heterocycles. The molecule has 0 heterocycles. The van der Waals surface area contributed by atoms with Crippen LogP contribution in [0.2, 0.25) is 0 Å². The Morgan fingerprint density at radius 3 is 0.280 bits per heavy atom. The smallest absolute Gasteiger partial charge is 0.159 e. The van der Waals surface area contributed by atoms with Crippen molar-refractivity contribution >= 4 is 23.5 Å². The molecule has 0 aromatic rings. The van der Waals surface area contributed by atoms with E-state index in [1.54, 1.807) is 0 Å². The van der Waals surface area contributed by atoms with Gasteiger partial charge in [0.15, 0.2) is 0 Å². The van der Waals surface area contributed by atoms with Crippen LogP contribution in [0.4, 0.5) is 0 Å². The molecule has 25 heavy (non-hydrogen) atoms. The van der Waals surface area contributed by atoms with Crippen molar-refractivity contribution in [3.05, 3.63) is 0 Å². The lowest BCUT2D eigenvalue weighted by Gasteiger charge is -2.36. The number of hydrogen-bond donors (Lipinski definition) is 0. The third-order valence-corrected chi connectivity index (χ3v) is 0. The first kappa shape index (κ1) is 100. The molecule has 20 N–H and O–H groups in total. The van der Waals surface area contributed by atoms with Crippen molar-refractivity contribution in [2.75, 3.05) is 0 Å². The van der Waals surface area contributed by atoms with Crippen LogP contribution in [0.5, 0.6) is 0 Å². The van der Waals surface area contributed by atoms with E-state index in [1.807, 2.05) is 0 Å². The fourth-order valence-electron chi connectivity index (χ4n) is 0. The summed E-state index contributed by atoms with van der Waals surface area (Å²) in [6.45, 7) is 0. The van der Waals surface area contributed by atoms with Crippen molar-refractivity contribution in [3.8, 4) is 0 Å². The quantitative estimate of drug-likeness (QED) is 0.301. The van der Waals surface area contributed by atoms with Gasteiger partial charge in [0.05, 0.1) is 0 Å². The van der Waals surface area contributed by atoms with Crippen molar-refractivity contribution in [1.82, 2.24) is 0 Å². The normalized spacial score (nSPS) is 7.08. The summed E-state index contributed by atoms with van der Waals surface area (Å²) in [7, 11) is -16.2. The maximum Gasteiger partial charge on any atom is -0.159 e. The van der Waals surface area contributed by atoms with Gasteiger partial charge in [-0.3, -0.25) is 0 Å². The van der Waals surface area contributed by atoms with Crippen LogP contribution in [0.1, 0.15) is 0 Å². The minimum atomic E-state index is -5.39. The van der Waals surface area contributed by atoms with Crippen molar-refractivity contribution < 1.29 is 112 Å². The van der Waals surface area contributed by atoms with E-state index in [0.717, 1.165) is 0 Å². The van der Waals surface area contributed by atoms with Crippen LogP contribution >= 0.6 is 23.5 Å². The highest BCUT2D eigenvalue weighted by Gasteiger charge is 1.45. The Labute approximate surface area is 137 Å². The van der Waals surface area contributed by atoms with E-state index in [9.17, 15) is 0 Å². The maximum absolute atomic E-state index is 8.55. The Morgan fingerprint density at radius 1 is 0.280 bits per heavy atom. The third kappa shape index (κ3) is 2350000. The van der Waals surface area contributed by atoms with Gasteiger partial charge >= 0.3 is 0 Å². The van der Waals surface area contributed by atoms with Crippen LogP contribution in [-0.4, -0.2) is 54.8 Å². The topological polar surface area (TPSA) is 574 Å². The minimum Gasteiger partial charge on any atom is -0.822 e. The Hall–Kier alpha value is -0.0700. The van der Waals surface area contributed by atoms with Crippen LogP contribution < -0.4 is 44.0 Å². The second-order valence-electron chi connectivity index (χ2n) is 1.34. The van der Waals surface area contributed by atoms with E-state index in [0.29, 0.717) is 0 Å². The molecule has 22 nitrogen and oxygen atoms in total. The molecule has 0 saturated carbocycles. The lowest BCUT2D eigenvalue weighted by molar-refractivity contribution is -0.434. The maximum atomic E-state index is 8.55. The van der Waals surface area contributed by atoms with E-state index in [-0.39, 0.29) is 54.8 Å². The molecule has 0 bridgehead atoms. The summed E-state index contributed by atoms with van der Waals surface area (Å²) in [6.07, 6.45) is 0. The predicted octanol–water partition coefficient (Wildman–Crippen LogP) is -16.7. The largest absolute Gasteiger partial charge is 0.822 e. The van der Waals surface area contributed by atoms with Gasteiger partial charge in [-0.15, -0.1) is 0 Å². The van der Waals surface area contributed by atoms with Crippen molar-refractivity contribution in [2.45, 2.75) is 0 Å². The first-order valence-electron chi connectivity index (χ1n) is 2.19. The van der Waals surface area contributed by atoms with Gasteiger partial charge in [0, 0.05) is 0 Å². The molecule has 0 fully saturated rings. The molecular weight excluding hydrogens is 445 g/mol. The van der Waals surface area contributed by atoms with Crippen LogP contribution in [0, 0.1) is 0 Å². The molecule has 0 unspecified atom stereocenters. The molecule has 0 spiro atoms. The molecular formula is H20O22P3-9. The molecule has 0 amide bonds. The zero-order chi connectivity index (χ0) is 13.5. The van der Waals surface area contributed by atoms with Gasteiger partial charge in [0.2, 0.25) is 0 Å². The highest BCUT2D eigenvalue weighted by Crippen LogP contribution is 2.04. The summed E-state index contributed by atoms with van der Waals surface area (Å²) in [6, 6.07) is 0. The van der Waals surface area contributed by atoms with Crippen molar-refractivity contribution in [1.29, 1.82) is 0 Å². The summed E-state index contributed by atoms with van der Waals surface area (Å²) in [4.78, 5) is 76.9. The average Bonchev–Trinajstić information content (AvgIpc) is 1.41. The standard InChI is InChI=1S/3H3O4P.10H2O/c3*1-5(2,3)4;;;;;;;;;;/h3*(H3,1,2,3,4);10*1H2/p-9. The summed E-state index contributed by atoms with van der Waals surface area (Å²) in [5.41, 5.74) is 0. The van der Waals surface area contributed by atoms with Crippen LogP contribution in [0.25, 0.3) is 0 Å². The van der Waals surface area contributed by atoms with Gasteiger partial charge in [-0.05, 0) is 0 Å². The molecule has 0 rings (SSSR count). The van der Waals surface area contributed by atoms with Gasteiger partial charge in [-0.1, -0.05) is 0 Å². The second-order valence-corrected chi connectivity index (χ2v) is 4.02. The number of rotatable bonds is 0. The Morgan fingerprint density at radius 2 is 0.280 bits per heavy atom. The highest BCUT2D eigenvalue weighted by atomic mass is 31.2. The minimum absolute atomic E-state index is 0. The van der Waals surface area contributed by atoms with Gasteiger partial charge in [-0.25, -0.2) is 0 Å². The molecule has 176 valence electrons. The summed E-state index contributed by atoms with van der Waals surface area (Å²) in [5, 5.41) is 0. The Bertz CT molecular complexity index is 199. The van der Waals surface area contributed by atoms with E-state index >= 15 is 0 Å². The average molecular weight is 465 g/mol. The summed E-state index contributed by atoms with van der Waals surface area (Å²) in [5.74, 6) is 0. The molecule has 25 heteroatoms. The molecule has 0 saturated heterocycles. The van der Waals surface area contributed by atoms with Gasteiger partial charge in [0.1, 0.15) is 0 Å². The van der Waals surface area contributed by atoms with Crippen LogP contribution in [0.15, 0.2) is 0 Å². The first-order valence-corrected chi connectivity index (χ1v) is 6.57. The van der Waals surface area contributed by atoms with E-state index < -0.39 is 23.5 Å². The zero-order valence-electron chi connectivity index (χ0n) is 11.2. The third-order valence-electron chi connectivity index (χ3n) is 0. The van der Waals surface area contributed by atoms with Gasteiger partial charge < -0.3 is 112 Å². The molecule has 0 aliphatic heterocycles. The summed E-state index contributed by atoms with van der Waals surface area (Å²) < 4.78 is 25.6. The SMILES string of the molecule is O.O.O.O.O.O.O.O.O.O.O=P([O-])([O-])[O-].O=P([O-])([O-])[O-].O=P([O-])([O-])[O-]. The van der Waals surface area contributed by atoms with Gasteiger partial charge in [0.25, 0.3) is 0 Å². The van der Waals surface area contributed by atoms with Crippen LogP contribution in [-0.2, 0) is 13.7 Å². The van der Waals surface area contributed by atoms with E-state index in [4.69, 9.17) is 57.7 Å². The zero-order valence-corrected chi connectivity index (χ0v) is 13.9. The first-order chi connectivity index (χ1) is 6.00. The highest BCUT2D eigenvalue weighted by molar-refractivity contribution is 7.40. The lowest BCUT2D eigenvalue weighted by atomic mass is 15.8. The molecule has 0 atom stereocenters. The monoisotopic (exact) mass is 465 g/mol. The summed E-state index contributed by atoms with van der Waals surface area (Å²) >= 11 is 0.